The third kappa shape index (κ3) is 3.52. The van der Waals surface area contributed by atoms with Crippen LogP contribution in [0.2, 0.25) is 0 Å². The highest BCUT2D eigenvalue weighted by molar-refractivity contribution is 5.76. The summed E-state index contributed by atoms with van der Waals surface area (Å²) in [6.45, 7) is 0.364. The summed E-state index contributed by atoms with van der Waals surface area (Å²) in [5.41, 5.74) is -0.0993. The first-order valence-electron chi connectivity index (χ1n) is 8.89. The zero-order valence-corrected chi connectivity index (χ0v) is 14.8. The zero-order chi connectivity index (χ0) is 18.0. The van der Waals surface area contributed by atoms with E-state index >= 15 is 0 Å². The van der Waals surface area contributed by atoms with Crippen molar-refractivity contribution in [3.8, 4) is 0 Å². The molecule has 1 aliphatic carbocycles. The monoisotopic (exact) mass is 347 g/mol. The minimum absolute atomic E-state index is 0.00426. The van der Waals surface area contributed by atoms with Gasteiger partial charge in [0.15, 0.2) is 11.2 Å². The number of hydrogen-bond acceptors (Lipinski definition) is 4. The summed E-state index contributed by atoms with van der Waals surface area (Å²) in [5.74, 6) is -0.00426. The van der Waals surface area contributed by atoms with Crippen molar-refractivity contribution in [2.45, 2.75) is 57.5 Å². The maximum absolute atomic E-state index is 12.4. The van der Waals surface area contributed by atoms with E-state index in [9.17, 15) is 14.4 Å². The standard InChI is InChI=1S/C17H25N5O3/c1-20-15-14(16(24)21(2)17(20)25)22(11-18-15)10-9-13(23)19-12-7-5-3-4-6-8-12/h11-12H,3-10H2,1-2H3,(H,19,23). The molecule has 0 unspecified atom stereocenters. The van der Waals surface area contributed by atoms with E-state index in [0.717, 1.165) is 17.4 Å². The number of fused-ring (bicyclic) bond motifs is 1. The molecule has 8 heteroatoms. The number of nitrogens with zero attached hydrogens (tertiary/aromatic N) is 4. The van der Waals surface area contributed by atoms with Gasteiger partial charge in [-0.2, -0.15) is 0 Å². The Morgan fingerprint density at radius 1 is 1.16 bits per heavy atom. The molecule has 2 heterocycles. The van der Waals surface area contributed by atoms with E-state index in [-0.39, 0.29) is 23.9 Å². The molecule has 2 aromatic rings. The van der Waals surface area contributed by atoms with Gasteiger partial charge in [0.25, 0.3) is 5.56 Å². The lowest BCUT2D eigenvalue weighted by Gasteiger charge is -2.16. The number of amides is 1. The van der Waals surface area contributed by atoms with Gasteiger partial charge in [0, 0.05) is 33.1 Å². The molecule has 0 bridgehead atoms. The van der Waals surface area contributed by atoms with Crippen molar-refractivity contribution < 1.29 is 4.79 Å². The van der Waals surface area contributed by atoms with Gasteiger partial charge in [-0.3, -0.25) is 18.7 Å². The van der Waals surface area contributed by atoms with Gasteiger partial charge in [-0.05, 0) is 12.8 Å². The van der Waals surface area contributed by atoms with Gasteiger partial charge in [0.1, 0.15) is 0 Å². The molecule has 3 rings (SSSR count). The molecule has 0 spiro atoms. The SMILES string of the molecule is Cn1c(=O)c2c(ncn2CCC(=O)NC2CCCCCC2)n(C)c1=O. The second-order valence-electron chi connectivity index (χ2n) is 6.82. The first kappa shape index (κ1) is 17.4. The van der Waals surface area contributed by atoms with Crippen molar-refractivity contribution in [1.29, 1.82) is 0 Å². The number of rotatable bonds is 4. The first-order chi connectivity index (χ1) is 12.0. The quantitative estimate of drug-likeness (QED) is 0.823. The van der Waals surface area contributed by atoms with Crippen LogP contribution in [0.3, 0.4) is 0 Å². The highest BCUT2D eigenvalue weighted by atomic mass is 16.2. The maximum atomic E-state index is 12.4. The summed E-state index contributed by atoms with van der Waals surface area (Å²) in [7, 11) is 3.03. The van der Waals surface area contributed by atoms with Gasteiger partial charge in [-0.1, -0.05) is 25.7 Å². The molecule has 2 aromatic heterocycles. The molecule has 1 amide bonds. The van der Waals surface area contributed by atoms with Crippen LogP contribution < -0.4 is 16.6 Å². The molecule has 0 atom stereocenters. The lowest BCUT2D eigenvalue weighted by atomic mass is 10.1. The number of aryl methyl sites for hydroxylation is 2. The Morgan fingerprint density at radius 3 is 2.52 bits per heavy atom. The number of aromatic nitrogens is 4. The summed E-state index contributed by atoms with van der Waals surface area (Å²) in [6, 6.07) is 0.267. The molecule has 0 aromatic carbocycles. The van der Waals surface area contributed by atoms with Crippen LogP contribution in [0.25, 0.3) is 11.2 Å². The zero-order valence-electron chi connectivity index (χ0n) is 14.8. The van der Waals surface area contributed by atoms with E-state index in [4.69, 9.17) is 0 Å². The molecule has 1 aliphatic rings. The summed E-state index contributed by atoms with van der Waals surface area (Å²) in [4.78, 5) is 40.7. The van der Waals surface area contributed by atoms with Crippen LogP contribution in [0, 0.1) is 0 Å². The summed E-state index contributed by atoms with van der Waals surface area (Å²) in [6.07, 6.45) is 8.72. The molecule has 136 valence electrons. The fourth-order valence-corrected chi connectivity index (χ4v) is 3.51. The topological polar surface area (TPSA) is 90.9 Å². The fraction of sp³-hybridized carbons (Fsp3) is 0.647. The van der Waals surface area contributed by atoms with Crippen molar-refractivity contribution >= 4 is 17.1 Å². The van der Waals surface area contributed by atoms with E-state index in [1.807, 2.05) is 0 Å². The molecule has 1 fully saturated rings. The van der Waals surface area contributed by atoms with E-state index in [2.05, 4.69) is 10.3 Å². The Kier molecular flexibility index (Phi) is 5.06. The van der Waals surface area contributed by atoms with Crippen LogP contribution in [-0.2, 0) is 25.4 Å². The average Bonchev–Trinajstić information content (AvgIpc) is 2.86. The van der Waals surface area contributed by atoms with Crippen molar-refractivity contribution in [2.75, 3.05) is 0 Å². The second kappa shape index (κ2) is 7.25. The highest BCUT2D eigenvalue weighted by Crippen LogP contribution is 2.17. The predicted molar refractivity (Wildman–Crippen MR) is 94.5 cm³/mol. The fourth-order valence-electron chi connectivity index (χ4n) is 3.51. The Morgan fingerprint density at radius 2 is 1.84 bits per heavy atom. The second-order valence-corrected chi connectivity index (χ2v) is 6.82. The van der Waals surface area contributed by atoms with Gasteiger partial charge in [-0.15, -0.1) is 0 Å². The molecule has 0 radical (unpaired) electrons. The molecular weight excluding hydrogens is 322 g/mol. The van der Waals surface area contributed by atoms with Crippen LogP contribution in [-0.4, -0.2) is 30.6 Å². The minimum atomic E-state index is -0.408. The van der Waals surface area contributed by atoms with Crippen molar-refractivity contribution in [1.82, 2.24) is 24.0 Å². The van der Waals surface area contributed by atoms with Crippen molar-refractivity contribution in [2.24, 2.45) is 14.1 Å². The lowest BCUT2D eigenvalue weighted by Crippen LogP contribution is -2.38. The highest BCUT2D eigenvalue weighted by Gasteiger charge is 2.17. The van der Waals surface area contributed by atoms with Crippen LogP contribution >= 0.6 is 0 Å². The van der Waals surface area contributed by atoms with Gasteiger partial charge < -0.3 is 9.88 Å². The predicted octanol–water partition coefficient (Wildman–Crippen LogP) is 0.663. The molecule has 25 heavy (non-hydrogen) atoms. The number of carbonyl (C=O) groups is 1. The smallest absolute Gasteiger partial charge is 0.332 e. The van der Waals surface area contributed by atoms with E-state index in [1.165, 1.54) is 43.6 Å². The average molecular weight is 347 g/mol. The first-order valence-corrected chi connectivity index (χ1v) is 8.89. The normalized spacial score (nSPS) is 16.1. The van der Waals surface area contributed by atoms with E-state index in [0.29, 0.717) is 17.7 Å². The minimum Gasteiger partial charge on any atom is -0.353 e. The van der Waals surface area contributed by atoms with Gasteiger partial charge in [0.2, 0.25) is 5.91 Å². The third-order valence-electron chi connectivity index (χ3n) is 5.02. The number of carbonyl (C=O) groups excluding carboxylic acids is 1. The molecule has 0 aliphatic heterocycles. The van der Waals surface area contributed by atoms with E-state index < -0.39 is 5.69 Å². The van der Waals surface area contributed by atoms with Crippen LogP contribution in [0.5, 0.6) is 0 Å². The number of imidazole rings is 1. The number of hydrogen-bond donors (Lipinski definition) is 1. The maximum Gasteiger partial charge on any atom is 0.332 e. The summed E-state index contributed by atoms with van der Waals surface area (Å²) in [5, 5.41) is 3.10. The number of nitrogens with one attached hydrogen (secondary N) is 1. The van der Waals surface area contributed by atoms with Gasteiger partial charge in [-0.25, -0.2) is 9.78 Å². The molecule has 1 N–H and O–H groups in total. The van der Waals surface area contributed by atoms with Gasteiger partial charge in [0.05, 0.1) is 6.33 Å². The van der Waals surface area contributed by atoms with Crippen molar-refractivity contribution in [3.05, 3.63) is 27.2 Å². The Bertz CT molecular complexity index is 884. The van der Waals surface area contributed by atoms with Gasteiger partial charge >= 0.3 is 5.69 Å². The van der Waals surface area contributed by atoms with Crippen LogP contribution in [0.4, 0.5) is 0 Å². The molecular formula is C17H25N5O3. The Hall–Kier alpha value is -2.38. The lowest BCUT2D eigenvalue weighted by molar-refractivity contribution is -0.122. The van der Waals surface area contributed by atoms with Crippen LogP contribution in [0.15, 0.2) is 15.9 Å². The molecule has 1 saturated carbocycles. The van der Waals surface area contributed by atoms with E-state index in [1.54, 1.807) is 11.6 Å². The molecule has 8 nitrogen and oxygen atoms in total. The van der Waals surface area contributed by atoms with Crippen molar-refractivity contribution in [3.63, 3.8) is 0 Å². The Balaban J connectivity index is 1.72. The largest absolute Gasteiger partial charge is 0.353 e. The summed E-state index contributed by atoms with van der Waals surface area (Å²) >= 11 is 0. The Labute approximate surface area is 145 Å². The summed E-state index contributed by atoms with van der Waals surface area (Å²) < 4.78 is 4.06. The third-order valence-corrected chi connectivity index (χ3v) is 5.02. The molecule has 0 saturated heterocycles. The van der Waals surface area contributed by atoms with Crippen LogP contribution in [0.1, 0.15) is 44.9 Å².